The topological polar surface area (TPSA) is 12.0 Å². The summed E-state index contributed by atoms with van der Waals surface area (Å²) < 4.78 is 0.962. The highest BCUT2D eigenvalue weighted by Gasteiger charge is 1.91. The van der Waals surface area contributed by atoms with Crippen molar-refractivity contribution < 1.29 is 0 Å². The molecule has 1 aromatic carbocycles. The van der Waals surface area contributed by atoms with Crippen LogP contribution in [-0.4, -0.2) is 6.54 Å². The maximum Gasteiger partial charge on any atom is 0.0460 e. The molecule has 0 radical (unpaired) electrons. The first-order valence-electron chi connectivity index (χ1n) is 3.82. The molecule has 0 aromatic heterocycles. The first-order chi connectivity index (χ1) is 5.68. The third-order valence-electron chi connectivity index (χ3n) is 1.50. The molecule has 0 saturated heterocycles. The van der Waals surface area contributed by atoms with E-state index in [-0.39, 0.29) is 0 Å². The van der Waals surface area contributed by atoms with Crippen molar-refractivity contribution in [1.82, 2.24) is 0 Å². The van der Waals surface area contributed by atoms with Crippen LogP contribution in [-0.2, 0) is 0 Å². The van der Waals surface area contributed by atoms with E-state index in [0.717, 1.165) is 16.7 Å². The molecule has 0 unspecified atom stereocenters. The summed E-state index contributed by atoms with van der Waals surface area (Å²) in [5.74, 6) is 0. The van der Waals surface area contributed by atoms with Gasteiger partial charge in [-0.2, -0.15) is 0 Å². The van der Waals surface area contributed by atoms with E-state index < -0.39 is 0 Å². The van der Waals surface area contributed by atoms with Crippen molar-refractivity contribution in [2.24, 2.45) is 0 Å². The molecule has 64 valence electrons. The predicted octanol–water partition coefficient (Wildman–Crippen LogP) is 3.32. The second kappa shape index (κ2) is 4.31. The molecule has 0 fully saturated rings. The van der Waals surface area contributed by atoms with Gasteiger partial charge in [0.05, 0.1) is 0 Å². The number of aryl methyl sites for hydroxylation is 1. The van der Waals surface area contributed by atoms with Gasteiger partial charge in [-0.25, -0.2) is 0 Å². The van der Waals surface area contributed by atoms with E-state index >= 15 is 0 Å². The Labute approximate surface area is 81.6 Å². The zero-order chi connectivity index (χ0) is 8.97. The van der Waals surface area contributed by atoms with Crippen molar-refractivity contribution in [3.05, 3.63) is 40.9 Å². The molecular formula is C10H12BrN. The zero-order valence-corrected chi connectivity index (χ0v) is 8.69. The van der Waals surface area contributed by atoms with E-state index in [1.54, 1.807) is 0 Å². The van der Waals surface area contributed by atoms with Crippen molar-refractivity contribution in [2.45, 2.75) is 6.92 Å². The van der Waals surface area contributed by atoms with E-state index in [1.807, 2.05) is 12.1 Å². The Balaban J connectivity index is 2.57. The fourth-order valence-electron chi connectivity index (χ4n) is 0.953. The Morgan fingerprint density at radius 3 is 2.92 bits per heavy atom. The van der Waals surface area contributed by atoms with E-state index in [2.05, 4.69) is 46.9 Å². The first kappa shape index (κ1) is 9.33. The maximum atomic E-state index is 3.75. The molecule has 0 saturated carbocycles. The molecule has 0 atom stereocenters. The molecule has 0 aliphatic carbocycles. The smallest absolute Gasteiger partial charge is 0.0460 e. The molecule has 0 aliphatic rings. The Kier molecular flexibility index (Phi) is 3.35. The van der Waals surface area contributed by atoms with Gasteiger partial charge in [-0.3, -0.25) is 0 Å². The number of hydrogen-bond acceptors (Lipinski definition) is 1. The Morgan fingerprint density at radius 1 is 1.58 bits per heavy atom. The van der Waals surface area contributed by atoms with Crippen molar-refractivity contribution in [3.63, 3.8) is 0 Å². The fourth-order valence-corrected chi connectivity index (χ4v) is 1.09. The highest BCUT2D eigenvalue weighted by molar-refractivity contribution is 9.11. The van der Waals surface area contributed by atoms with Crippen LogP contribution in [0.4, 0.5) is 5.69 Å². The molecule has 12 heavy (non-hydrogen) atoms. The van der Waals surface area contributed by atoms with Gasteiger partial charge >= 0.3 is 0 Å². The lowest BCUT2D eigenvalue weighted by atomic mass is 10.2. The van der Waals surface area contributed by atoms with Gasteiger partial charge < -0.3 is 5.32 Å². The fraction of sp³-hybridized carbons (Fsp3) is 0.200. The minimum Gasteiger partial charge on any atom is -0.380 e. The second-order valence-electron chi connectivity index (χ2n) is 2.74. The van der Waals surface area contributed by atoms with Crippen LogP contribution in [0.1, 0.15) is 5.56 Å². The first-order valence-corrected chi connectivity index (χ1v) is 4.61. The molecule has 0 aliphatic heterocycles. The number of halogens is 1. The normalized spacial score (nSPS) is 9.50. The maximum absolute atomic E-state index is 3.75. The Hall–Kier alpha value is -0.760. The van der Waals surface area contributed by atoms with Crippen LogP contribution in [0.15, 0.2) is 35.3 Å². The van der Waals surface area contributed by atoms with Gasteiger partial charge in [-0.05, 0) is 24.6 Å². The van der Waals surface area contributed by atoms with Crippen LogP contribution in [0.25, 0.3) is 0 Å². The van der Waals surface area contributed by atoms with Gasteiger partial charge in [-0.1, -0.05) is 34.6 Å². The average molecular weight is 226 g/mol. The predicted molar refractivity (Wildman–Crippen MR) is 57.7 cm³/mol. The van der Waals surface area contributed by atoms with Crippen LogP contribution in [0.2, 0.25) is 0 Å². The molecule has 1 aromatic rings. The molecule has 0 bridgehead atoms. The lowest BCUT2D eigenvalue weighted by Crippen LogP contribution is -2.00. The van der Waals surface area contributed by atoms with Crippen molar-refractivity contribution >= 4 is 21.6 Å². The van der Waals surface area contributed by atoms with E-state index in [4.69, 9.17) is 0 Å². The minimum atomic E-state index is 0.767. The second-order valence-corrected chi connectivity index (χ2v) is 3.86. The average Bonchev–Trinajstić information content (AvgIpc) is 2.01. The molecule has 0 spiro atoms. The van der Waals surface area contributed by atoms with Crippen LogP contribution in [0.5, 0.6) is 0 Å². The van der Waals surface area contributed by atoms with Crippen LogP contribution in [0.3, 0.4) is 0 Å². The number of nitrogens with one attached hydrogen (secondary N) is 1. The Morgan fingerprint density at radius 2 is 2.33 bits per heavy atom. The van der Waals surface area contributed by atoms with Crippen molar-refractivity contribution in [3.8, 4) is 0 Å². The quantitative estimate of drug-likeness (QED) is 0.833. The van der Waals surface area contributed by atoms with Crippen LogP contribution >= 0.6 is 15.9 Å². The van der Waals surface area contributed by atoms with Crippen LogP contribution < -0.4 is 5.32 Å². The lowest BCUT2D eigenvalue weighted by molar-refractivity contribution is 1.31. The summed E-state index contributed by atoms with van der Waals surface area (Å²) in [7, 11) is 0. The summed E-state index contributed by atoms with van der Waals surface area (Å²) in [6, 6.07) is 8.27. The van der Waals surface area contributed by atoms with E-state index in [1.165, 1.54) is 5.56 Å². The number of hydrogen-bond donors (Lipinski definition) is 1. The molecule has 0 heterocycles. The SMILES string of the molecule is C=C(Br)CNc1cccc(C)c1. The van der Waals surface area contributed by atoms with Gasteiger partial charge in [0, 0.05) is 16.7 Å². The van der Waals surface area contributed by atoms with Crippen molar-refractivity contribution in [2.75, 3.05) is 11.9 Å². The standard InChI is InChI=1S/C10H12BrN/c1-8-4-3-5-10(6-8)12-7-9(2)11/h3-6,12H,2,7H2,1H3. The molecule has 1 N–H and O–H groups in total. The Bertz CT molecular complexity index is 281. The van der Waals surface area contributed by atoms with Gasteiger partial charge in [0.2, 0.25) is 0 Å². The summed E-state index contributed by atoms with van der Waals surface area (Å²) >= 11 is 3.29. The number of anilines is 1. The molecule has 1 rings (SSSR count). The van der Waals surface area contributed by atoms with Gasteiger partial charge in [-0.15, -0.1) is 0 Å². The highest BCUT2D eigenvalue weighted by Crippen LogP contribution is 2.10. The summed E-state index contributed by atoms with van der Waals surface area (Å²) in [6.45, 7) is 6.59. The summed E-state index contributed by atoms with van der Waals surface area (Å²) in [6.07, 6.45) is 0. The molecule has 1 nitrogen and oxygen atoms in total. The largest absolute Gasteiger partial charge is 0.380 e. The van der Waals surface area contributed by atoms with Gasteiger partial charge in [0.15, 0.2) is 0 Å². The van der Waals surface area contributed by atoms with Gasteiger partial charge in [0.1, 0.15) is 0 Å². The van der Waals surface area contributed by atoms with E-state index in [0.29, 0.717) is 0 Å². The minimum absolute atomic E-state index is 0.767. The van der Waals surface area contributed by atoms with E-state index in [9.17, 15) is 0 Å². The summed E-state index contributed by atoms with van der Waals surface area (Å²) in [5, 5.41) is 3.24. The molecule has 2 heteroatoms. The van der Waals surface area contributed by atoms with Gasteiger partial charge in [0.25, 0.3) is 0 Å². The third-order valence-corrected chi connectivity index (χ3v) is 1.78. The summed E-state index contributed by atoms with van der Waals surface area (Å²) in [4.78, 5) is 0. The van der Waals surface area contributed by atoms with Crippen LogP contribution in [0, 0.1) is 6.92 Å². The lowest BCUT2D eigenvalue weighted by Gasteiger charge is -2.04. The molecule has 0 amide bonds. The monoisotopic (exact) mass is 225 g/mol. The zero-order valence-electron chi connectivity index (χ0n) is 7.10. The summed E-state index contributed by atoms with van der Waals surface area (Å²) in [5.41, 5.74) is 2.40. The number of rotatable bonds is 3. The number of benzene rings is 1. The highest BCUT2D eigenvalue weighted by atomic mass is 79.9. The third kappa shape index (κ3) is 3.09. The van der Waals surface area contributed by atoms with Crippen molar-refractivity contribution in [1.29, 1.82) is 0 Å². The molecular weight excluding hydrogens is 214 g/mol.